The van der Waals surface area contributed by atoms with E-state index in [0.717, 1.165) is 5.76 Å². The number of urea groups is 1. The maximum Gasteiger partial charge on any atom is 0.328 e. The molecule has 1 heterocycles. The van der Waals surface area contributed by atoms with Crippen LogP contribution in [0.1, 0.15) is 11.5 Å². The number of furan rings is 1. The number of hydrogen-bond donors (Lipinski definition) is 4. The second-order valence-electron chi connectivity index (χ2n) is 3.41. The van der Waals surface area contributed by atoms with Crippen LogP contribution in [0.25, 0.3) is 0 Å². The van der Waals surface area contributed by atoms with Gasteiger partial charge in [-0.2, -0.15) is 0 Å². The summed E-state index contributed by atoms with van der Waals surface area (Å²) in [6.45, 7) is 1.26. The molecular weight excluding hydrogens is 228 g/mol. The van der Waals surface area contributed by atoms with Gasteiger partial charge in [0.1, 0.15) is 11.5 Å². The minimum Gasteiger partial charge on any atom is -0.480 e. The van der Waals surface area contributed by atoms with Crippen molar-refractivity contribution >= 4 is 12.0 Å². The smallest absolute Gasteiger partial charge is 0.328 e. The van der Waals surface area contributed by atoms with Gasteiger partial charge in [-0.05, 0) is 19.1 Å². The molecule has 0 spiro atoms. The van der Waals surface area contributed by atoms with Gasteiger partial charge in [-0.1, -0.05) is 0 Å². The molecule has 17 heavy (non-hydrogen) atoms. The Hall–Kier alpha value is -2.02. The van der Waals surface area contributed by atoms with E-state index in [2.05, 4.69) is 10.6 Å². The second-order valence-corrected chi connectivity index (χ2v) is 3.41. The van der Waals surface area contributed by atoms with Gasteiger partial charge in [0.05, 0.1) is 13.2 Å². The molecule has 0 radical (unpaired) electrons. The molecule has 2 amide bonds. The maximum atomic E-state index is 11.3. The molecular formula is C10H14N2O5. The van der Waals surface area contributed by atoms with Crippen molar-refractivity contribution in [2.24, 2.45) is 0 Å². The van der Waals surface area contributed by atoms with Crippen molar-refractivity contribution in [3.8, 4) is 0 Å². The Morgan fingerprint density at radius 3 is 2.65 bits per heavy atom. The van der Waals surface area contributed by atoms with Crippen LogP contribution in [0.4, 0.5) is 4.79 Å². The lowest BCUT2D eigenvalue weighted by Crippen LogP contribution is -2.47. The summed E-state index contributed by atoms with van der Waals surface area (Å²) >= 11 is 0. The fourth-order valence-corrected chi connectivity index (χ4v) is 1.14. The van der Waals surface area contributed by atoms with Crippen molar-refractivity contribution in [2.45, 2.75) is 19.5 Å². The van der Waals surface area contributed by atoms with Crippen molar-refractivity contribution in [3.05, 3.63) is 23.7 Å². The molecule has 1 atom stereocenters. The molecule has 0 aromatic carbocycles. The molecule has 1 aromatic heterocycles. The summed E-state index contributed by atoms with van der Waals surface area (Å²) < 4.78 is 5.20. The third-order valence-corrected chi connectivity index (χ3v) is 2.01. The topological polar surface area (TPSA) is 112 Å². The predicted octanol–water partition coefficient (Wildman–Crippen LogP) is -0.167. The summed E-state index contributed by atoms with van der Waals surface area (Å²) in [4.78, 5) is 21.8. The molecule has 4 N–H and O–H groups in total. The van der Waals surface area contributed by atoms with Gasteiger partial charge < -0.3 is 25.3 Å². The maximum absolute atomic E-state index is 11.3. The third-order valence-electron chi connectivity index (χ3n) is 2.01. The van der Waals surface area contributed by atoms with Crippen LogP contribution in [0, 0.1) is 6.92 Å². The van der Waals surface area contributed by atoms with Gasteiger partial charge in [-0.15, -0.1) is 0 Å². The van der Waals surface area contributed by atoms with Crippen LogP contribution in [0.2, 0.25) is 0 Å². The zero-order chi connectivity index (χ0) is 12.8. The molecule has 7 heteroatoms. The highest BCUT2D eigenvalue weighted by Crippen LogP contribution is 2.05. The van der Waals surface area contributed by atoms with Crippen LogP contribution >= 0.6 is 0 Å². The third kappa shape index (κ3) is 4.15. The van der Waals surface area contributed by atoms with E-state index in [9.17, 15) is 9.59 Å². The Bertz CT molecular complexity index is 401. The minimum absolute atomic E-state index is 0.150. The van der Waals surface area contributed by atoms with Crippen LogP contribution in [-0.4, -0.2) is 34.9 Å². The molecule has 0 aliphatic rings. The molecule has 0 saturated heterocycles. The van der Waals surface area contributed by atoms with Gasteiger partial charge in [0.15, 0.2) is 6.04 Å². The Morgan fingerprint density at radius 1 is 1.47 bits per heavy atom. The lowest BCUT2D eigenvalue weighted by atomic mass is 10.3. The summed E-state index contributed by atoms with van der Waals surface area (Å²) in [5.74, 6) is -0.00834. The number of aliphatic carboxylic acids is 1. The van der Waals surface area contributed by atoms with E-state index in [1.54, 1.807) is 19.1 Å². The molecule has 1 unspecified atom stereocenters. The van der Waals surface area contributed by atoms with Gasteiger partial charge in [0.2, 0.25) is 0 Å². The fourth-order valence-electron chi connectivity index (χ4n) is 1.14. The lowest BCUT2D eigenvalue weighted by Gasteiger charge is -2.11. The van der Waals surface area contributed by atoms with E-state index in [4.69, 9.17) is 14.6 Å². The second kappa shape index (κ2) is 5.90. The normalized spacial score (nSPS) is 11.9. The quantitative estimate of drug-likeness (QED) is 0.573. The molecule has 0 aliphatic carbocycles. The van der Waals surface area contributed by atoms with Crippen molar-refractivity contribution < 1.29 is 24.2 Å². The van der Waals surface area contributed by atoms with Gasteiger partial charge >= 0.3 is 12.0 Å². The highest BCUT2D eigenvalue weighted by atomic mass is 16.4. The van der Waals surface area contributed by atoms with Gasteiger partial charge in [0.25, 0.3) is 0 Å². The molecule has 0 fully saturated rings. The summed E-state index contributed by atoms with van der Waals surface area (Å²) in [6, 6.07) is 1.47. The van der Waals surface area contributed by atoms with Gasteiger partial charge in [0, 0.05) is 0 Å². The monoisotopic (exact) mass is 242 g/mol. The van der Waals surface area contributed by atoms with Crippen molar-refractivity contribution in [2.75, 3.05) is 6.61 Å². The Kier molecular flexibility index (Phi) is 4.53. The molecule has 1 aromatic rings. The fraction of sp³-hybridized carbons (Fsp3) is 0.400. The highest BCUT2D eigenvalue weighted by Gasteiger charge is 2.18. The number of hydrogen-bond acceptors (Lipinski definition) is 4. The number of nitrogens with one attached hydrogen (secondary N) is 2. The Morgan fingerprint density at radius 2 is 2.18 bits per heavy atom. The molecule has 1 rings (SSSR count). The average molecular weight is 242 g/mol. The number of carboxylic acid groups (broad SMARTS) is 1. The van der Waals surface area contributed by atoms with Crippen molar-refractivity contribution in [1.82, 2.24) is 10.6 Å². The Balaban J connectivity index is 2.37. The zero-order valence-electron chi connectivity index (χ0n) is 9.27. The average Bonchev–Trinajstić information content (AvgIpc) is 2.68. The Labute approximate surface area is 97.4 Å². The SMILES string of the molecule is Cc1ccc(CNC(=O)NC(CO)C(=O)O)o1. The van der Waals surface area contributed by atoms with E-state index in [0.29, 0.717) is 5.76 Å². The highest BCUT2D eigenvalue weighted by molar-refractivity contribution is 5.82. The summed E-state index contributed by atoms with van der Waals surface area (Å²) in [6.07, 6.45) is 0. The number of aliphatic hydroxyl groups excluding tert-OH is 1. The predicted molar refractivity (Wildman–Crippen MR) is 57.3 cm³/mol. The number of carbonyl (C=O) groups excluding carboxylic acids is 1. The molecule has 94 valence electrons. The number of carboxylic acids is 1. The number of amides is 2. The van der Waals surface area contributed by atoms with Crippen LogP contribution in [0.5, 0.6) is 0 Å². The number of aliphatic hydroxyl groups is 1. The molecule has 0 aliphatic heterocycles. The number of carbonyl (C=O) groups is 2. The first-order valence-electron chi connectivity index (χ1n) is 4.96. The van der Waals surface area contributed by atoms with Crippen molar-refractivity contribution in [1.29, 1.82) is 0 Å². The largest absolute Gasteiger partial charge is 0.480 e. The number of aryl methyl sites for hydroxylation is 1. The van der Waals surface area contributed by atoms with E-state index >= 15 is 0 Å². The first-order chi connectivity index (χ1) is 8.02. The molecule has 0 bridgehead atoms. The standard InChI is InChI=1S/C10H14N2O5/c1-6-2-3-7(17-6)4-11-10(16)12-8(5-13)9(14)15/h2-3,8,13H,4-5H2,1H3,(H,14,15)(H2,11,12,16). The van der Waals surface area contributed by atoms with Gasteiger partial charge in [-0.25, -0.2) is 9.59 Å². The zero-order valence-corrected chi connectivity index (χ0v) is 9.27. The van der Waals surface area contributed by atoms with E-state index in [1.807, 2.05) is 0 Å². The van der Waals surface area contributed by atoms with Crippen LogP contribution in [-0.2, 0) is 11.3 Å². The molecule has 7 nitrogen and oxygen atoms in total. The first-order valence-corrected chi connectivity index (χ1v) is 4.96. The van der Waals surface area contributed by atoms with E-state index in [-0.39, 0.29) is 6.54 Å². The lowest BCUT2D eigenvalue weighted by molar-refractivity contribution is -0.140. The summed E-state index contributed by atoms with van der Waals surface area (Å²) in [5.41, 5.74) is 0. The van der Waals surface area contributed by atoms with Crippen LogP contribution in [0.15, 0.2) is 16.5 Å². The van der Waals surface area contributed by atoms with E-state index in [1.165, 1.54) is 0 Å². The van der Waals surface area contributed by atoms with Crippen LogP contribution < -0.4 is 10.6 Å². The van der Waals surface area contributed by atoms with Crippen molar-refractivity contribution in [3.63, 3.8) is 0 Å². The van der Waals surface area contributed by atoms with E-state index < -0.39 is 24.6 Å². The summed E-state index contributed by atoms with van der Waals surface area (Å²) in [5, 5.41) is 21.8. The first kappa shape index (κ1) is 13.0. The summed E-state index contributed by atoms with van der Waals surface area (Å²) in [7, 11) is 0. The minimum atomic E-state index is -1.31. The molecule has 0 saturated carbocycles. The van der Waals surface area contributed by atoms with Gasteiger partial charge in [-0.3, -0.25) is 0 Å². The number of rotatable bonds is 5. The van der Waals surface area contributed by atoms with Crippen LogP contribution in [0.3, 0.4) is 0 Å².